The first kappa shape index (κ1) is 49.9. The molecule has 0 saturated carbocycles. The minimum Gasteiger partial charge on any atom is -0.481 e. The van der Waals surface area contributed by atoms with E-state index in [1.54, 1.807) is 27.7 Å². The Morgan fingerprint density at radius 2 is 1.28 bits per heavy atom. The maximum atomic E-state index is 13.9. The first-order valence-corrected chi connectivity index (χ1v) is 19.1. The van der Waals surface area contributed by atoms with Gasteiger partial charge in [-0.1, -0.05) is 40.5 Å². The molecule has 6 amide bonds. The van der Waals surface area contributed by atoms with E-state index >= 15 is 0 Å². The molecule has 15 N–H and O–H groups in total. The van der Waals surface area contributed by atoms with Gasteiger partial charge in [0.25, 0.3) is 0 Å². The number of likely N-dealkylation sites (tertiary alicyclic amines) is 1. The number of carbonyl (C=O) groups is 8. The van der Waals surface area contributed by atoms with Gasteiger partial charge in [0.15, 0.2) is 12.0 Å². The van der Waals surface area contributed by atoms with E-state index in [-0.39, 0.29) is 38.3 Å². The Bertz CT molecular complexity index is 1440. The third kappa shape index (κ3) is 16.1. The molecule has 1 fully saturated rings. The molecular weight excluding hydrogens is 752 g/mol. The van der Waals surface area contributed by atoms with Crippen molar-refractivity contribution < 1.29 is 58.8 Å². The number of carbonyl (C=O) groups excluding carboxylic acids is 6. The van der Waals surface area contributed by atoms with Crippen molar-refractivity contribution in [2.45, 2.75) is 134 Å². The number of aliphatic hydroxyl groups is 2. The zero-order valence-electron chi connectivity index (χ0n) is 33.2. The number of hydrogen-bond donors (Lipinski definition) is 12. The van der Waals surface area contributed by atoms with Gasteiger partial charge in [-0.25, -0.2) is 4.79 Å². The number of hydrogen-bond acceptors (Lipinski definition) is 12. The summed E-state index contributed by atoms with van der Waals surface area (Å²) in [7, 11) is 0. The average molecular weight is 815 g/mol. The van der Waals surface area contributed by atoms with Crippen molar-refractivity contribution in [1.29, 1.82) is 0 Å². The highest BCUT2D eigenvalue weighted by Gasteiger charge is 2.39. The molecule has 0 spiro atoms. The lowest BCUT2D eigenvalue weighted by molar-refractivity contribution is -0.145. The largest absolute Gasteiger partial charge is 0.481 e. The maximum Gasteiger partial charge on any atom is 0.328 e. The monoisotopic (exact) mass is 814 g/mol. The van der Waals surface area contributed by atoms with Crippen LogP contribution < -0.4 is 43.8 Å². The Balaban J connectivity index is 3.40. The summed E-state index contributed by atoms with van der Waals surface area (Å²) in [6, 6.07) is -9.44. The molecule has 0 aliphatic carbocycles. The summed E-state index contributed by atoms with van der Waals surface area (Å²) >= 11 is 0. The van der Waals surface area contributed by atoms with Crippen LogP contribution in [-0.2, 0) is 38.4 Å². The maximum absolute atomic E-state index is 13.9. The molecule has 324 valence electrons. The van der Waals surface area contributed by atoms with E-state index in [1.165, 1.54) is 4.90 Å². The molecular formula is C35H62N10O12. The van der Waals surface area contributed by atoms with Crippen molar-refractivity contribution in [2.24, 2.45) is 34.0 Å². The van der Waals surface area contributed by atoms with Crippen LogP contribution >= 0.6 is 0 Å². The third-order valence-corrected chi connectivity index (χ3v) is 9.84. The van der Waals surface area contributed by atoms with E-state index in [4.69, 9.17) is 17.2 Å². The number of guanidine groups is 1. The zero-order valence-corrected chi connectivity index (χ0v) is 33.2. The second-order valence-corrected chi connectivity index (χ2v) is 14.3. The van der Waals surface area contributed by atoms with Crippen molar-refractivity contribution >= 4 is 53.3 Å². The van der Waals surface area contributed by atoms with Gasteiger partial charge in [-0.15, -0.1) is 0 Å². The highest BCUT2D eigenvalue weighted by Crippen LogP contribution is 2.19. The smallest absolute Gasteiger partial charge is 0.328 e. The summed E-state index contributed by atoms with van der Waals surface area (Å²) < 4.78 is 0. The predicted octanol–water partition coefficient (Wildman–Crippen LogP) is -3.80. The second-order valence-electron chi connectivity index (χ2n) is 14.3. The fourth-order valence-electron chi connectivity index (χ4n) is 5.98. The lowest BCUT2D eigenvalue weighted by atomic mass is 9.95. The number of nitrogens with one attached hydrogen (secondary N) is 5. The number of nitrogens with two attached hydrogens (primary N) is 3. The third-order valence-electron chi connectivity index (χ3n) is 9.84. The van der Waals surface area contributed by atoms with Gasteiger partial charge in [0.1, 0.15) is 36.3 Å². The van der Waals surface area contributed by atoms with Gasteiger partial charge in [0.05, 0.1) is 12.7 Å². The van der Waals surface area contributed by atoms with Gasteiger partial charge >= 0.3 is 11.9 Å². The number of aliphatic imine (C=N–C) groups is 1. The number of amides is 6. The van der Waals surface area contributed by atoms with Crippen molar-refractivity contribution in [2.75, 3.05) is 19.7 Å². The summed E-state index contributed by atoms with van der Waals surface area (Å²) in [6.45, 7) is 7.48. The minimum atomic E-state index is -1.70. The topological polar surface area (TPSA) is 371 Å². The van der Waals surface area contributed by atoms with E-state index in [2.05, 4.69) is 31.6 Å². The fraction of sp³-hybridized carbons (Fsp3) is 0.743. The highest BCUT2D eigenvalue weighted by molar-refractivity contribution is 5.97. The van der Waals surface area contributed by atoms with Crippen molar-refractivity contribution in [3.8, 4) is 0 Å². The normalized spacial score (nSPS) is 18.5. The molecule has 0 aromatic heterocycles. The van der Waals surface area contributed by atoms with Crippen molar-refractivity contribution in [1.82, 2.24) is 31.5 Å². The van der Waals surface area contributed by atoms with Crippen LogP contribution in [0.5, 0.6) is 0 Å². The second kappa shape index (κ2) is 24.5. The Morgan fingerprint density at radius 1 is 0.772 bits per heavy atom. The van der Waals surface area contributed by atoms with E-state index < -0.39 is 127 Å². The lowest BCUT2D eigenvalue weighted by Gasteiger charge is -2.31. The molecule has 1 saturated heterocycles. The summed E-state index contributed by atoms with van der Waals surface area (Å²) in [5, 5.41) is 50.5. The van der Waals surface area contributed by atoms with Crippen LogP contribution in [0.3, 0.4) is 0 Å². The standard InChI is InChI=1S/C35H62N10O12/c1-6-17(3)25(42-28(50)21(10-8-14-39-35(37)38)40-30(52)23-11-9-15-45(23)33(55)20(36)16-46)31(53)41-22(12-13-24(48)49)29(51)43-26(18(4)7-2)32(54)44-27(19(5)47)34(56)57/h17-23,25-27,46-47H,6-16,36H2,1-5H3,(H,40,52)(H,41,53)(H,42,50)(H,43,51)(H,44,54)(H,48,49)(H,56,57)(H4,37,38,39)/t17-,18-,19+,20-,21-,22-,23-,25-,26-,27-/m0/s1. The van der Waals surface area contributed by atoms with Gasteiger partial charge in [-0.05, 0) is 50.9 Å². The molecule has 1 rings (SSSR count). The van der Waals surface area contributed by atoms with E-state index in [0.29, 0.717) is 19.3 Å². The van der Waals surface area contributed by atoms with Crippen LogP contribution in [0, 0.1) is 11.8 Å². The quantitative estimate of drug-likeness (QED) is 0.0239. The number of aliphatic carboxylic acids is 2. The van der Waals surface area contributed by atoms with Crippen LogP contribution in [0.4, 0.5) is 0 Å². The molecule has 10 atom stereocenters. The van der Waals surface area contributed by atoms with Gasteiger partial charge in [-0.3, -0.25) is 38.6 Å². The average Bonchev–Trinajstić information content (AvgIpc) is 3.66. The van der Waals surface area contributed by atoms with Crippen molar-refractivity contribution in [3.05, 3.63) is 0 Å². The van der Waals surface area contributed by atoms with Crippen LogP contribution in [0.25, 0.3) is 0 Å². The van der Waals surface area contributed by atoms with E-state index in [1.807, 2.05) is 0 Å². The highest BCUT2D eigenvalue weighted by atomic mass is 16.4. The first-order chi connectivity index (χ1) is 26.7. The zero-order chi connectivity index (χ0) is 43.6. The number of aliphatic hydroxyl groups excluding tert-OH is 2. The van der Waals surface area contributed by atoms with Gasteiger partial charge < -0.3 is 69.1 Å². The van der Waals surface area contributed by atoms with E-state index in [0.717, 1.165) is 6.92 Å². The number of rotatable bonds is 25. The molecule has 0 unspecified atom stereocenters. The van der Waals surface area contributed by atoms with Crippen LogP contribution in [-0.4, -0.2) is 147 Å². The Hall–Kier alpha value is -5.09. The predicted molar refractivity (Wildman–Crippen MR) is 204 cm³/mol. The number of nitrogens with zero attached hydrogens (tertiary/aromatic N) is 2. The van der Waals surface area contributed by atoms with Crippen molar-refractivity contribution in [3.63, 3.8) is 0 Å². The van der Waals surface area contributed by atoms with Crippen LogP contribution in [0.1, 0.15) is 86.0 Å². The van der Waals surface area contributed by atoms with Gasteiger partial charge in [0, 0.05) is 19.5 Å². The Morgan fingerprint density at radius 3 is 1.74 bits per heavy atom. The SMILES string of the molecule is CC[C@H](C)[C@H](NC(=O)[C@H](CCCN=C(N)N)NC(=O)[C@@H]1CCCN1C(=O)[C@@H](N)CO)C(=O)N[C@@H](CCC(=O)O)C(=O)N[C@H](C(=O)N[C@H](C(=O)O)[C@@H](C)O)[C@@H](C)CC. The van der Waals surface area contributed by atoms with Crippen LogP contribution in [0.2, 0.25) is 0 Å². The molecule has 0 radical (unpaired) electrons. The molecule has 1 aliphatic heterocycles. The minimum absolute atomic E-state index is 0.0134. The molecule has 22 heteroatoms. The van der Waals surface area contributed by atoms with Crippen LogP contribution in [0.15, 0.2) is 4.99 Å². The van der Waals surface area contributed by atoms with E-state index in [9.17, 15) is 58.8 Å². The fourth-order valence-corrected chi connectivity index (χ4v) is 5.98. The molecule has 0 aromatic carbocycles. The molecule has 1 aliphatic rings. The van der Waals surface area contributed by atoms with Gasteiger partial charge in [-0.2, -0.15) is 0 Å². The lowest BCUT2D eigenvalue weighted by Crippen LogP contribution is -2.61. The molecule has 0 bridgehead atoms. The summed E-state index contributed by atoms with van der Waals surface area (Å²) in [5.41, 5.74) is 16.6. The number of carboxylic acid groups (broad SMARTS) is 2. The summed E-state index contributed by atoms with van der Waals surface area (Å²) in [5.74, 6) is -9.09. The summed E-state index contributed by atoms with van der Waals surface area (Å²) in [4.78, 5) is 109. The number of carboxylic acids is 2. The summed E-state index contributed by atoms with van der Waals surface area (Å²) in [6.07, 6.45) is -0.941. The Kier molecular flexibility index (Phi) is 21.5. The molecule has 0 aromatic rings. The molecule has 1 heterocycles. The molecule has 57 heavy (non-hydrogen) atoms. The Labute approximate surface area is 331 Å². The van der Waals surface area contributed by atoms with Gasteiger partial charge in [0.2, 0.25) is 35.4 Å². The molecule has 22 nitrogen and oxygen atoms in total. The first-order valence-electron chi connectivity index (χ1n) is 19.1.